The lowest BCUT2D eigenvalue weighted by molar-refractivity contribution is -0.0819. The molecule has 3 fully saturated rings. The van der Waals surface area contributed by atoms with E-state index in [2.05, 4.69) is 47.6 Å². The summed E-state index contributed by atoms with van der Waals surface area (Å²) in [7, 11) is 0. The van der Waals surface area contributed by atoms with Crippen molar-refractivity contribution in [3.05, 3.63) is 11.6 Å². The summed E-state index contributed by atoms with van der Waals surface area (Å²) in [6.45, 7) is 14.6. The van der Waals surface area contributed by atoms with Gasteiger partial charge in [0, 0.05) is 5.41 Å². The number of hydrogen-bond donors (Lipinski definition) is 2. The molecule has 2 nitrogen and oxygen atoms in total. The van der Waals surface area contributed by atoms with Crippen molar-refractivity contribution < 1.29 is 10.2 Å². The zero-order valence-electron chi connectivity index (χ0n) is 20.6. The van der Waals surface area contributed by atoms with Gasteiger partial charge in [-0.3, -0.25) is 0 Å². The third-order valence-electron chi connectivity index (χ3n) is 11.1. The molecule has 0 aromatic carbocycles. The van der Waals surface area contributed by atoms with Crippen molar-refractivity contribution in [1.82, 2.24) is 0 Å². The molecule has 30 heavy (non-hydrogen) atoms. The van der Waals surface area contributed by atoms with Crippen molar-refractivity contribution in [2.45, 2.75) is 118 Å². The molecule has 4 rings (SSSR count). The largest absolute Gasteiger partial charge is 0.393 e. The van der Waals surface area contributed by atoms with Crippen LogP contribution in [0.25, 0.3) is 0 Å². The first-order chi connectivity index (χ1) is 14.0. The van der Waals surface area contributed by atoms with Crippen LogP contribution in [-0.2, 0) is 0 Å². The Bertz CT molecular complexity index is 668. The highest BCUT2D eigenvalue weighted by Gasteiger charge is 2.66. The Hall–Kier alpha value is -0.340. The van der Waals surface area contributed by atoms with E-state index in [1.165, 1.54) is 32.1 Å². The molecular weight excluding hydrogens is 368 g/mol. The molecule has 0 aliphatic heterocycles. The van der Waals surface area contributed by atoms with Gasteiger partial charge in [0.2, 0.25) is 0 Å². The van der Waals surface area contributed by atoms with Gasteiger partial charge in [-0.25, -0.2) is 0 Å². The summed E-state index contributed by atoms with van der Waals surface area (Å²) < 4.78 is 0. The van der Waals surface area contributed by atoms with E-state index in [1.807, 2.05) is 0 Å². The van der Waals surface area contributed by atoms with Crippen LogP contribution in [0.15, 0.2) is 11.6 Å². The average Bonchev–Trinajstić information content (AvgIpc) is 2.89. The SMILES string of the molecule is CC(C)CCC[C@@H](C)[C@H]1C[C@@H](O)[C@@]2(C)C3=CC[C@H]4C[C@@H](O)CC[C@]4(C)[C@H]3CC[C@]12C. The Balaban J connectivity index is 1.61. The summed E-state index contributed by atoms with van der Waals surface area (Å²) >= 11 is 0. The molecular formula is C28H48O2. The second-order valence-corrected chi connectivity index (χ2v) is 12.9. The zero-order valence-corrected chi connectivity index (χ0v) is 20.6. The molecule has 4 aliphatic carbocycles. The lowest BCUT2D eigenvalue weighted by Crippen LogP contribution is -2.55. The molecule has 2 N–H and O–H groups in total. The molecule has 0 aromatic rings. The first kappa shape index (κ1) is 22.8. The molecule has 0 unspecified atom stereocenters. The van der Waals surface area contributed by atoms with E-state index in [-0.39, 0.29) is 23.0 Å². The van der Waals surface area contributed by atoms with Crippen LogP contribution in [0.2, 0.25) is 0 Å². The first-order valence-corrected chi connectivity index (χ1v) is 13.1. The van der Waals surface area contributed by atoms with E-state index in [0.717, 1.165) is 38.0 Å². The van der Waals surface area contributed by atoms with E-state index in [1.54, 1.807) is 5.57 Å². The first-order valence-electron chi connectivity index (χ1n) is 13.1. The monoisotopic (exact) mass is 416 g/mol. The summed E-state index contributed by atoms with van der Waals surface area (Å²) in [5.41, 5.74) is 2.06. The van der Waals surface area contributed by atoms with Gasteiger partial charge in [-0.05, 0) is 85.4 Å². The van der Waals surface area contributed by atoms with Gasteiger partial charge in [-0.15, -0.1) is 0 Å². The van der Waals surface area contributed by atoms with E-state index < -0.39 is 0 Å². The summed E-state index contributed by atoms with van der Waals surface area (Å²) in [5, 5.41) is 21.8. The van der Waals surface area contributed by atoms with Crippen molar-refractivity contribution >= 4 is 0 Å². The highest BCUT2D eigenvalue weighted by molar-refractivity contribution is 5.34. The minimum atomic E-state index is -0.205. The minimum Gasteiger partial charge on any atom is -0.393 e. The fraction of sp³-hybridized carbons (Fsp3) is 0.929. The van der Waals surface area contributed by atoms with Crippen LogP contribution in [0.1, 0.15) is 106 Å². The smallest absolute Gasteiger partial charge is 0.0639 e. The van der Waals surface area contributed by atoms with Crippen molar-refractivity contribution in [3.8, 4) is 0 Å². The van der Waals surface area contributed by atoms with Crippen LogP contribution < -0.4 is 0 Å². The highest BCUT2D eigenvalue weighted by atomic mass is 16.3. The highest BCUT2D eigenvalue weighted by Crippen LogP contribution is 2.72. The number of aliphatic hydroxyl groups excluding tert-OH is 2. The zero-order chi connectivity index (χ0) is 21.9. The van der Waals surface area contributed by atoms with Gasteiger partial charge in [0.15, 0.2) is 0 Å². The lowest BCUT2D eigenvalue weighted by Gasteiger charge is -2.61. The average molecular weight is 417 g/mol. The fourth-order valence-electron chi connectivity index (χ4n) is 8.87. The summed E-state index contributed by atoms with van der Waals surface area (Å²) in [4.78, 5) is 0. The van der Waals surface area contributed by atoms with Crippen molar-refractivity contribution in [2.24, 2.45) is 45.8 Å². The number of hydrogen-bond acceptors (Lipinski definition) is 2. The topological polar surface area (TPSA) is 40.5 Å². The maximum atomic E-state index is 11.6. The third-order valence-corrected chi connectivity index (χ3v) is 11.1. The second-order valence-electron chi connectivity index (χ2n) is 12.9. The van der Waals surface area contributed by atoms with Crippen molar-refractivity contribution in [2.75, 3.05) is 0 Å². The standard InChI is InChI=1S/C28H48O2/c1-18(2)8-7-9-19(3)24-17-25(30)28(6)23-11-10-20-16-21(29)12-14-26(20,4)22(23)13-15-27(24,28)5/h11,18-22,24-25,29-30H,7-10,12-17H2,1-6H3/t19-,20+,21+,22+,24-,25-,26+,27-,28-/m1/s1. The molecule has 0 aromatic heterocycles. The van der Waals surface area contributed by atoms with E-state index in [4.69, 9.17) is 0 Å². The molecule has 4 aliphatic rings. The Kier molecular flexibility index (Phi) is 6.02. The normalized spacial score (nSPS) is 49.2. The molecule has 2 heteroatoms. The van der Waals surface area contributed by atoms with Gasteiger partial charge in [-0.1, -0.05) is 72.5 Å². The number of aliphatic hydroxyl groups is 2. The molecule has 0 saturated heterocycles. The van der Waals surface area contributed by atoms with Crippen LogP contribution >= 0.6 is 0 Å². The van der Waals surface area contributed by atoms with Crippen LogP contribution in [0, 0.1) is 45.8 Å². The molecule has 0 amide bonds. The second kappa shape index (κ2) is 7.91. The Morgan fingerprint density at radius 3 is 2.43 bits per heavy atom. The van der Waals surface area contributed by atoms with Gasteiger partial charge in [-0.2, -0.15) is 0 Å². The van der Waals surface area contributed by atoms with Crippen LogP contribution in [0.5, 0.6) is 0 Å². The van der Waals surface area contributed by atoms with E-state index in [0.29, 0.717) is 29.1 Å². The summed E-state index contributed by atoms with van der Waals surface area (Å²) in [6.07, 6.45) is 13.9. The Morgan fingerprint density at radius 1 is 1.00 bits per heavy atom. The predicted molar refractivity (Wildman–Crippen MR) is 125 cm³/mol. The fourth-order valence-corrected chi connectivity index (χ4v) is 8.87. The van der Waals surface area contributed by atoms with Gasteiger partial charge in [0.05, 0.1) is 12.2 Å². The maximum Gasteiger partial charge on any atom is 0.0639 e. The molecule has 0 radical (unpaired) electrons. The quantitative estimate of drug-likeness (QED) is 0.487. The Morgan fingerprint density at radius 2 is 1.73 bits per heavy atom. The van der Waals surface area contributed by atoms with Crippen molar-refractivity contribution in [1.29, 1.82) is 0 Å². The van der Waals surface area contributed by atoms with Gasteiger partial charge in [0.25, 0.3) is 0 Å². The molecule has 172 valence electrons. The molecule has 0 heterocycles. The molecule has 9 atom stereocenters. The number of allylic oxidation sites excluding steroid dienone is 1. The predicted octanol–water partition coefficient (Wildman–Crippen LogP) is 6.75. The Labute approximate surface area is 185 Å². The molecule has 3 saturated carbocycles. The number of rotatable bonds is 5. The van der Waals surface area contributed by atoms with Crippen LogP contribution in [-0.4, -0.2) is 22.4 Å². The van der Waals surface area contributed by atoms with Gasteiger partial charge < -0.3 is 10.2 Å². The van der Waals surface area contributed by atoms with Crippen molar-refractivity contribution in [3.63, 3.8) is 0 Å². The van der Waals surface area contributed by atoms with E-state index >= 15 is 0 Å². The maximum absolute atomic E-state index is 11.6. The summed E-state index contributed by atoms with van der Waals surface area (Å²) in [6, 6.07) is 0. The van der Waals surface area contributed by atoms with Crippen LogP contribution in [0.3, 0.4) is 0 Å². The van der Waals surface area contributed by atoms with E-state index in [9.17, 15) is 10.2 Å². The molecule has 0 bridgehead atoms. The minimum absolute atomic E-state index is 0.0725. The van der Waals surface area contributed by atoms with Gasteiger partial charge >= 0.3 is 0 Å². The summed E-state index contributed by atoms with van der Waals surface area (Å²) in [5.74, 6) is 3.33. The molecule has 0 spiro atoms. The number of fused-ring (bicyclic) bond motifs is 5. The third kappa shape index (κ3) is 3.26. The van der Waals surface area contributed by atoms with Gasteiger partial charge in [0.1, 0.15) is 0 Å². The lowest BCUT2D eigenvalue weighted by atomic mass is 9.43. The van der Waals surface area contributed by atoms with Crippen LogP contribution in [0.4, 0.5) is 0 Å².